The van der Waals surface area contributed by atoms with E-state index in [2.05, 4.69) is 10.2 Å². The highest BCUT2D eigenvalue weighted by atomic mass is 35.5. The monoisotopic (exact) mass is 300 g/mol. The number of carbonyl (C=O) groups is 1. The maximum Gasteiger partial charge on any atom is 0.251 e. The van der Waals surface area contributed by atoms with E-state index in [0.29, 0.717) is 12.1 Å². The van der Waals surface area contributed by atoms with Crippen molar-refractivity contribution >= 4 is 18.3 Å². The number of nitrogens with one attached hydrogen (secondary N) is 1. The Morgan fingerprint density at radius 3 is 2.55 bits per heavy atom. The maximum atomic E-state index is 11.9. The van der Waals surface area contributed by atoms with Crippen LogP contribution < -0.4 is 10.1 Å². The highest BCUT2D eigenvalue weighted by molar-refractivity contribution is 5.94. The summed E-state index contributed by atoms with van der Waals surface area (Å²) in [6.07, 6.45) is 0. The van der Waals surface area contributed by atoms with Crippen molar-refractivity contribution in [2.45, 2.75) is 0 Å². The molecule has 112 valence electrons. The van der Waals surface area contributed by atoms with Crippen LogP contribution in [0.4, 0.5) is 0 Å². The number of hydrogen-bond donors (Lipinski definition) is 1. The molecule has 0 atom stereocenters. The van der Waals surface area contributed by atoms with Gasteiger partial charge >= 0.3 is 0 Å². The molecule has 1 heterocycles. The number of nitrogens with zero attached hydrogens (tertiary/aromatic N) is 1. The van der Waals surface area contributed by atoms with Gasteiger partial charge in [0, 0.05) is 31.7 Å². The summed E-state index contributed by atoms with van der Waals surface area (Å²) in [5.74, 6) is 0.709. The van der Waals surface area contributed by atoms with Crippen molar-refractivity contribution in [3.8, 4) is 5.75 Å². The quantitative estimate of drug-likeness (QED) is 0.887. The molecule has 2 rings (SSSR count). The molecular weight excluding hydrogens is 280 g/mol. The van der Waals surface area contributed by atoms with E-state index in [9.17, 15) is 4.79 Å². The number of halogens is 1. The fourth-order valence-corrected chi connectivity index (χ4v) is 2.00. The van der Waals surface area contributed by atoms with Gasteiger partial charge in [0.25, 0.3) is 5.91 Å². The van der Waals surface area contributed by atoms with Crippen molar-refractivity contribution in [1.82, 2.24) is 10.2 Å². The van der Waals surface area contributed by atoms with Crippen LogP contribution in [0.5, 0.6) is 5.75 Å². The van der Waals surface area contributed by atoms with Crippen LogP contribution >= 0.6 is 12.4 Å². The number of hydrogen-bond acceptors (Lipinski definition) is 4. The number of amides is 1. The van der Waals surface area contributed by atoms with E-state index in [1.54, 1.807) is 31.4 Å². The number of morpholine rings is 1. The highest BCUT2D eigenvalue weighted by Gasteiger charge is 2.10. The Kier molecular flexibility index (Phi) is 7.36. The standard InChI is InChI=1S/C14H20N2O3.ClH/c1-18-13-4-2-12(3-5-13)14(17)15-6-7-16-8-10-19-11-9-16;/h2-5H,6-11H2,1H3,(H,15,17);1H. The van der Waals surface area contributed by atoms with Gasteiger partial charge in [-0.1, -0.05) is 0 Å². The van der Waals surface area contributed by atoms with E-state index < -0.39 is 0 Å². The molecule has 6 heteroatoms. The molecule has 0 spiro atoms. The minimum Gasteiger partial charge on any atom is -0.497 e. The Morgan fingerprint density at radius 2 is 1.95 bits per heavy atom. The van der Waals surface area contributed by atoms with Crippen LogP contribution in [0.15, 0.2) is 24.3 Å². The summed E-state index contributed by atoms with van der Waals surface area (Å²) < 4.78 is 10.3. The third kappa shape index (κ3) is 5.00. The number of benzene rings is 1. The molecule has 0 radical (unpaired) electrons. The number of rotatable bonds is 5. The SMILES string of the molecule is COc1ccc(C(=O)NCCN2CCOCC2)cc1.Cl. The zero-order valence-corrected chi connectivity index (χ0v) is 12.4. The van der Waals surface area contributed by atoms with Gasteiger partial charge in [-0.2, -0.15) is 0 Å². The molecule has 1 amide bonds. The smallest absolute Gasteiger partial charge is 0.251 e. The van der Waals surface area contributed by atoms with Crippen molar-refractivity contribution in [2.24, 2.45) is 0 Å². The van der Waals surface area contributed by atoms with Gasteiger partial charge in [-0.15, -0.1) is 12.4 Å². The lowest BCUT2D eigenvalue weighted by Gasteiger charge is -2.26. The molecule has 1 N–H and O–H groups in total. The van der Waals surface area contributed by atoms with Gasteiger partial charge in [-0.05, 0) is 24.3 Å². The topological polar surface area (TPSA) is 50.8 Å². The van der Waals surface area contributed by atoms with E-state index >= 15 is 0 Å². The van der Waals surface area contributed by atoms with Gasteiger partial charge in [0.15, 0.2) is 0 Å². The summed E-state index contributed by atoms with van der Waals surface area (Å²) in [4.78, 5) is 14.2. The first kappa shape index (κ1) is 16.8. The summed E-state index contributed by atoms with van der Waals surface area (Å²) in [5.41, 5.74) is 0.655. The molecule has 20 heavy (non-hydrogen) atoms. The van der Waals surface area contributed by atoms with E-state index in [-0.39, 0.29) is 18.3 Å². The molecule has 1 aromatic rings. The number of ether oxygens (including phenoxy) is 2. The normalized spacial score (nSPS) is 15.2. The summed E-state index contributed by atoms with van der Waals surface area (Å²) in [6, 6.07) is 7.11. The van der Waals surface area contributed by atoms with Crippen LogP contribution in [-0.4, -0.2) is 57.3 Å². The van der Waals surface area contributed by atoms with Gasteiger partial charge in [0.1, 0.15) is 5.75 Å². The largest absolute Gasteiger partial charge is 0.497 e. The highest BCUT2D eigenvalue weighted by Crippen LogP contribution is 2.10. The molecule has 1 aromatic carbocycles. The van der Waals surface area contributed by atoms with E-state index in [1.807, 2.05) is 0 Å². The Morgan fingerprint density at radius 1 is 1.30 bits per heavy atom. The molecule has 1 fully saturated rings. The predicted octanol–water partition coefficient (Wildman–Crippen LogP) is 1.18. The van der Waals surface area contributed by atoms with Crippen LogP contribution in [0.2, 0.25) is 0 Å². The predicted molar refractivity (Wildman–Crippen MR) is 79.8 cm³/mol. The lowest BCUT2D eigenvalue weighted by atomic mass is 10.2. The van der Waals surface area contributed by atoms with E-state index in [0.717, 1.165) is 38.6 Å². The van der Waals surface area contributed by atoms with Crippen LogP contribution in [0.25, 0.3) is 0 Å². The number of carbonyl (C=O) groups excluding carboxylic acids is 1. The first-order valence-corrected chi connectivity index (χ1v) is 6.52. The van der Waals surface area contributed by atoms with Crippen molar-refractivity contribution < 1.29 is 14.3 Å². The minimum absolute atomic E-state index is 0. The van der Waals surface area contributed by atoms with Crippen LogP contribution in [0, 0.1) is 0 Å². The summed E-state index contributed by atoms with van der Waals surface area (Å²) in [6.45, 7) is 4.98. The van der Waals surface area contributed by atoms with E-state index in [1.165, 1.54) is 0 Å². The Balaban J connectivity index is 0.00000200. The fraction of sp³-hybridized carbons (Fsp3) is 0.500. The molecule has 0 aromatic heterocycles. The fourth-order valence-electron chi connectivity index (χ4n) is 2.00. The first-order chi connectivity index (χ1) is 9.29. The minimum atomic E-state index is -0.0455. The molecule has 1 aliphatic rings. The lowest BCUT2D eigenvalue weighted by molar-refractivity contribution is 0.0383. The summed E-state index contributed by atoms with van der Waals surface area (Å²) in [5, 5.41) is 2.92. The van der Waals surface area contributed by atoms with Crippen molar-refractivity contribution in [3.63, 3.8) is 0 Å². The van der Waals surface area contributed by atoms with Gasteiger partial charge in [0.2, 0.25) is 0 Å². The zero-order valence-electron chi connectivity index (χ0n) is 11.6. The molecule has 0 bridgehead atoms. The molecule has 1 aliphatic heterocycles. The molecule has 0 saturated carbocycles. The lowest BCUT2D eigenvalue weighted by Crippen LogP contribution is -2.41. The summed E-state index contributed by atoms with van der Waals surface area (Å²) >= 11 is 0. The maximum absolute atomic E-state index is 11.9. The Labute approximate surface area is 125 Å². The third-order valence-corrected chi connectivity index (χ3v) is 3.17. The van der Waals surface area contributed by atoms with Gasteiger partial charge < -0.3 is 14.8 Å². The van der Waals surface area contributed by atoms with Crippen molar-refractivity contribution in [1.29, 1.82) is 0 Å². The molecule has 0 aliphatic carbocycles. The second-order valence-corrected chi connectivity index (χ2v) is 4.44. The average Bonchev–Trinajstić information content (AvgIpc) is 2.48. The molecule has 5 nitrogen and oxygen atoms in total. The average molecular weight is 301 g/mol. The van der Waals surface area contributed by atoms with Gasteiger partial charge in [-0.3, -0.25) is 9.69 Å². The van der Waals surface area contributed by atoms with Gasteiger partial charge in [0.05, 0.1) is 20.3 Å². The second-order valence-electron chi connectivity index (χ2n) is 4.44. The van der Waals surface area contributed by atoms with Crippen LogP contribution in [0.1, 0.15) is 10.4 Å². The molecular formula is C14H21ClN2O3. The van der Waals surface area contributed by atoms with Crippen LogP contribution in [-0.2, 0) is 4.74 Å². The van der Waals surface area contributed by atoms with Gasteiger partial charge in [-0.25, -0.2) is 0 Å². The van der Waals surface area contributed by atoms with Crippen LogP contribution in [0.3, 0.4) is 0 Å². The van der Waals surface area contributed by atoms with Crippen molar-refractivity contribution in [2.75, 3.05) is 46.5 Å². The molecule has 1 saturated heterocycles. The Bertz CT molecular complexity index is 405. The zero-order chi connectivity index (χ0) is 13.5. The van der Waals surface area contributed by atoms with E-state index in [4.69, 9.17) is 9.47 Å². The first-order valence-electron chi connectivity index (χ1n) is 6.52. The Hall–Kier alpha value is -1.30. The van der Waals surface area contributed by atoms with Crippen molar-refractivity contribution in [3.05, 3.63) is 29.8 Å². The third-order valence-electron chi connectivity index (χ3n) is 3.17. The summed E-state index contributed by atoms with van der Waals surface area (Å²) in [7, 11) is 1.61. The number of methoxy groups -OCH3 is 1. The molecule has 0 unspecified atom stereocenters. The second kappa shape index (κ2) is 8.79.